The number of carbonyl (C=O) groups excluding carboxylic acids is 1. The first kappa shape index (κ1) is 26.6. The van der Waals surface area contributed by atoms with Crippen LogP contribution in [0.1, 0.15) is 55.3 Å². The molecular formula is C29H36F2N4O3. The maximum Gasteiger partial charge on any atom is 0.255 e. The van der Waals surface area contributed by atoms with Crippen LogP contribution in [-0.4, -0.2) is 60.0 Å². The van der Waals surface area contributed by atoms with Gasteiger partial charge in [-0.3, -0.25) is 14.4 Å². The van der Waals surface area contributed by atoms with Crippen molar-refractivity contribution in [2.75, 3.05) is 33.3 Å². The normalized spacial score (nSPS) is 19.1. The van der Waals surface area contributed by atoms with Crippen LogP contribution in [-0.2, 0) is 11.3 Å². The first-order valence-electron chi connectivity index (χ1n) is 13.7. The van der Waals surface area contributed by atoms with Crippen molar-refractivity contribution >= 4 is 16.8 Å². The fourth-order valence-corrected chi connectivity index (χ4v) is 5.60. The molecule has 1 N–H and O–H groups in total. The molecule has 2 aliphatic rings. The number of aromatic nitrogens is 2. The van der Waals surface area contributed by atoms with E-state index in [2.05, 4.69) is 10.2 Å². The van der Waals surface area contributed by atoms with Crippen LogP contribution in [0.5, 0.6) is 11.5 Å². The number of hydrogen-bond donors (Lipinski definition) is 1. The molecule has 3 aromatic rings. The van der Waals surface area contributed by atoms with Gasteiger partial charge in [-0.1, -0.05) is 19.3 Å². The van der Waals surface area contributed by atoms with Crippen molar-refractivity contribution in [3.63, 3.8) is 0 Å². The van der Waals surface area contributed by atoms with Gasteiger partial charge in [0.15, 0.2) is 11.6 Å². The third-order valence-electron chi connectivity index (χ3n) is 7.69. The van der Waals surface area contributed by atoms with E-state index >= 15 is 0 Å². The summed E-state index contributed by atoms with van der Waals surface area (Å²) in [6.07, 6.45) is 10.5. The molecule has 0 bridgehead atoms. The summed E-state index contributed by atoms with van der Waals surface area (Å²) >= 11 is 0. The molecular weight excluding hydrogens is 490 g/mol. The summed E-state index contributed by atoms with van der Waals surface area (Å²) in [7, 11) is 1.73. The number of halogens is 2. The molecule has 2 aromatic carbocycles. The minimum absolute atomic E-state index is 0.145. The van der Waals surface area contributed by atoms with Crippen LogP contribution in [0.15, 0.2) is 36.5 Å². The lowest BCUT2D eigenvalue weighted by Crippen LogP contribution is -2.43. The van der Waals surface area contributed by atoms with Crippen molar-refractivity contribution < 1.29 is 23.0 Å². The Morgan fingerprint density at radius 2 is 1.92 bits per heavy atom. The van der Waals surface area contributed by atoms with E-state index in [1.54, 1.807) is 19.2 Å². The zero-order valence-corrected chi connectivity index (χ0v) is 21.9. The Kier molecular flexibility index (Phi) is 8.54. The summed E-state index contributed by atoms with van der Waals surface area (Å²) in [5, 5.41) is 8.51. The van der Waals surface area contributed by atoms with Gasteiger partial charge in [0, 0.05) is 50.9 Å². The maximum absolute atomic E-state index is 14.4. The summed E-state index contributed by atoms with van der Waals surface area (Å²) in [4.78, 5) is 15.6. The average Bonchev–Trinajstić information content (AvgIpc) is 3.31. The second-order valence-electron chi connectivity index (χ2n) is 10.5. The number of benzene rings is 2. The SMILES string of the molecule is COC1CCCN(CCNC(=O)c2cc3nn(CC4CCCCC4)cc3cc2Oc2ccc(F)cc2F)C1. The molecule has 1 unspecified atom stereocenters. The van der Waals surface area contributed by atoms with E-state index in [1.807, 2.05) is 10.9 Å². The fourth-order valence-electron chi connectivity index (χ4n) is 5.60. The van der Waals surface area contributed by atoms with Gasteiger partial charge in [0.25, 0.3) is 5.91 Å². The molecule has 1 aliphatic heterocycles. The summed E-state index contributed by atoms with van der Waals surface area (Å²) < 4.78 is 41.1. The monoisotopic (exact) mass is 526 g/mol. The Labute approximate surface area is 222 Å². The Morgan fingerprint density at radius 1 is 1.08 bits per heavy atom. The number of nitrogens with one attached hydrogen (secondary N) is 1. The number of carbonyl (C=O) groups is 1. The topological polar surface area (TPSA) is 68.6 Å². The molecule has 1 saturated heterocycles. The van der Waals surface area contributed by atoms with Gasteiger partial charge in [-0.2, -0.15) is 5.10 Å². The number of methoxy groups -OCH3 is 1. The number of rotatable bonds is 9. The van der Waals surface area contributed by atoms with Crippen molar-refractivity contribution in [3.05, 3.63) is 53.7 Å². The van der Waals surface area contributed by atoms with Gasteiger partial charge in [-0.15, -0.1) is 0 Å². The van der Waals surface area contributed by atoms with Gasteiger partial charge < -0.3 is 14.8 Å². The highest BCUT2D eigenvalue weighted by Gasteiger charge is 2.22. The van der Waals surface area contributed by atoms with Crippen molar-refractivity contribution in [1.29, 1.82) is 0 Å². The predicted octanol–water partition coefficient (Wildman–Crippen LogP) is 5.53. The summed E-state index contributed by atoms with van der Waals surface area (Å²) in [6.45, 7) is 3.80. The Hall–Kier alpha value is -3.04. The molecule has 0 radical (unpaired) electrons. The molecule has 1 aromatic heterocycles. The molecule has 5 rings (SSSR count). The molecule has 2 heterocycles. The first-order valence-corrected chi connectivity index (χ1v) is 13.7. The molecule has 38 heavy (non-hydrogen) atoms. The number of likely N-dealkylation sites (tertiary alicyclic amines) is 1. The van der Waals surface area contributed by atoms with Crippen LogP contribution in [0.2, 0.25) is 0 Å². The smallest absolute Gasteiger partial charge is 0.255 e. The quantitative estimate of drug-likeness (QED) is 0.397. The molecule has 2 fully saturated rings. The van der Waals surface area contributed by atoms with E-state index in [-0.39, 0.29) is 29.1 Å². The van der Waals surface area contributed by atoms with Crippen molar-refractivity contribution in [1.82, 2.24) is 20.0 Å². The van der Waals surface area contributed by atoms with E-state index < -0.39 is 11.6 Å². The minimum atomic E-state index is -0.831. The minimum Gasteiger partial charge on any atom is -0.453 e. The Bertz CT molecular complexity index is 1260. The number of ether oxygens (including phenoxy) is 2. The van der Waals surface area contributed by atoms with Crippen LogP contribution in [0.3, 0.4) is 0 Å². The number of amides is 1. The standard InChI is InChI=1S/C29H36F2N4O3/c1-37-23-8-5-12-34(19-23)13-11-32-29(36)24-16-26-21(18-35(33-26)17-20-6-3-2-4-7-20)14-28(24)38-27-10-9-22(30)15-25(27)31/h9-10,14-16,18,20,23H,2-8,11-13,17,19H2,1H3,(H,32,36). The molecule has 1 aliphatic carbocycles. The van der Waals surface area contributed by atoms with Gasteiger partial charge in [0.1, 0.15) is 11.6 Å². The molecule has 1 atom stereocenters. The van der Waals surface area contributed by atoms with E-state index in [4.69, 9.17) is 14.6 Å². The summed E-state index contributed by atoms with van der Waals surface area (Å²) in [6, 6.07) is 6.53. The van der Waals surface area contributed by atoms with Gasteiger partial charge in [0.05, 0.1) is 17.2 Å². The third kappa shape index (κ3) is 6.50. The summed E-state index contributed by atoms with van der Waals surface area (Å²) in [5.74, 6) is -1.20. The van der Waals surface area contributed by atoms with Crippen molar-refractivity contribution in [2.45, 2.75) is 57.6 Å². The first-order chi connectivity index (χ1) is 18.5. The molecule has 7 nitrogen and oxygen atoms in total. The lowest BCUT2D eigenvalue weighted by atomic mass is 9.89. The number of nitrogens with zero attached hydrogens (tertiary/aromatic N) is 3. The van der Waals surface area contributed by atoms with Crippen LogP contribution in [0, 0.1) is 17.6 Å². The van der Waals surface area contributed by atoms with Crippen LogP contribution in [0.4, 0.5) is 8.78 Å². The lowest BCUT2D eigenvalue weighted by molar-refractivity contribution is 0.0318. The highest BCUT2D eigenvalue weighted by molar-refractivity contribution is 6.01. The molecule has 9 heteroatoms. The zero-order chi connectivity index (χ0) is 26.5. The third-order valence-corrected chi connectivity index (χ3v) is 7.69. The molecule has 204 valence electrons. The van der Waals surface area contributed by atoms with E-state index in [9.17, 15) is 13.6 Å². The highest BCUT2D eigenvalue weighted by Crippen LogP contribution is 2.32. The van der Waals surface area contributed by atoms with Crippen LogP contribution in [0.25, 0.3) is 10.9 Å². The van der Waals surface area contributed by atoms with Gasteiger partial charge in [-0.25, -0.2) is 8.78 Å². The average molecular weight is 527 g/mol. The van der Waals surface area contributed by atoms with Gasteiger partial charge in [-0.05, 0) is 62.4 Å². The van der Waals surface area contributed by atoms with E-state index in [1.165, 1.54) is 38.2 Å². The van der Waals surface area contributed by atoms with Crippen LogP contribution < -0.4 is 10.1 Å². The fraction of sp³-hybridized carbons (Fsp3) is 0.517. The molecule has 0 spiro atoms. The van der Waals surface area contributed by atoms with E-state index in [0.29, 0.717) is 24.5 Å². The molecule has 1 amide bonds. The molecule has 1 saturated carbocycles. The van der Waals surface area contributed by atoms with E-state index in [0.717, 1.165) is 50.0 Å². The van der Waals surface area contributed by atoms with Crippen molar-refractivity contribution in [3.8, 4) is 11.5 Å². The predicted molar refractivity (Wildman–Crippen MR) is 142 cm³/mol. The largest absolute Gasteiger partial charge is 0.453 e. The summed E-state index contributed by atoms with van der Waals surface area (Å²) in [5.41, 5.74) is 0.939. The number of fused-ring (bicyclic) bond motifs is 1. The van der Waals surface area contributed by atoms with Gasteiger partial charge >= 0.3 is 0 Å². The Morgan fingerprint density at radius 3 is 2.71 bits per heavy atom. The maximum atomic E-state index is 14.4. The highest BCUT2D eigenvalue weighted by atomic mass is 19.1. The second kappa shape index (κ2) is 12.2. The second-order valence-corrected chi connectivity index (χ2v) is 10.5. The van der Waals surface area contributed by atoms with Gasteiger partial charge in [0.2, 0.25) is 0 Å². The Balaban J connectivity index is 1.35. The zero-order valence-electron chi connectivity index (χ0n) is 21.9. The van der Waals surface area contributed by atoms with Crippen molar-refractivity contribution in [2.24, 2.45) is 5.92 Å². The van der Waals surface area contributed by atoms with Crippen LogP contribution >= 0.6 is 0 Å². The number of hydrogen-bond acceptors (Lipinski definition) is 5. The lowest BCUT2D eigenvalue weighted by Gasteiger charge is -2.31. The number of piperidine rings is 1.